The molecule has 0 saturated heterocycles. The molecule has 1 rings (SSSR count). The first kappa shape index (κ1) is 13.8. The summed E-state index contributed by atoms with van der Waals surface area (Å²) in [6.45, 7) is 4.67. The third-order valence-electron chi connectivity index (χ3n) is 2.95. The second kappa shape index (κ2) is 6.47. The number of carboxylic acid groups (broad SMARTS) is 1. The average Bonchev–Trinajstić information content (AvgIpc) is 3.07. The minimum atomic E-state index is -0.870. The van der Waals surface area contributed by atoms with Crippen molar-refractivity contribution in [2.24, 2.45) is 0 Å². The lowest BCUT2D eigenvalue weighted by atomic mass is 10.1. The average molecular weight is 242 g/mol. The van der Waals surface area contributed by atoms with Gasteiger partial charge in [0, 0.05) is 18.6 Å². The van der Waals surface area contributed by atoms with E-state index in [4.69, 9.17) is 5.11 Å². The third-order valence-corrected chi connectivity index (χ3v) is 2.95. The summed E-state index contributed by atoms with van der Waals surface area (Å²) in [6.07, 6.45) is 3.71. The quantitative estimate of drug-likeness (QED) is 0.715. The maximum absolute atomic E-state index is 12.0. The fourth-order valence-corrected chi connectivity index (χ4v) is 1.84. The van der Waals surface area contributed by atoms with Crippen molar-refractivity contribution in [3.05, 3.63) is 0 Å². The van der Waals surface area contributed by atoms with Gasteiger partial charge in [-0.05, 0) is 25.7 Å². The maximum Gasteiger partial charge on any atom is 0.317 e. The van der Waals surface area contributed by atoms with Crippen LogP contribution < -0.4 is 5.32 Å². The summed E-state index contributed by atoms with van der Waals surface area (Å²) in [4.78, 5) is 24.5. The summed E-state index contributed by atoms with van der Waals surface area (Å²) in [5.74, 6) is -0.870. The maximum atomic E-state index is 12.0. The lowest BCUT2D eigenvalue weighted by Crippen LogP contribution is -2.46. The van der Waals surface area contributed by atoms with Gasteiger partial charge in [0.25, 0.3) is 0 Å². The molecule has 2 amide bonds. The van der Waals surface area contributed by atoms with Crippen molar-refractivity contribution in [3.8, 4) is 0 Å². The fraction of sp³-hybridized carbons (Fsp3) is 0.833. The number of aliphatic carboxylic acids is 1. The molecule has 2 N–H and O–H groups in total. The highest BCUT2D eigenvalue weighted by Gasteiger charge is 2.32. The molecule has 1 aliphatic rings. The molecule has 0 aromatic rings. The molecule has 0 radical (unpaired) electrons. The van der Waals surface area contributed by atoms with Gasteiger partial charge in [0.1, 0.15) is 0 Å². The molecular weight excluding hydrogens is 220 g/mol. The van der Waals surface area contributed by atoms with Gasteiger partial charge in [-0.1, -0.05) is 13.8 Å². The molecule has 1 unspecified atom stereocenters. The molecule has 0 aromatic heterocycles. The van der Waals surface area contributed by atoms with E-state index >= 15 is 0 Å². The molecule has 1 saturated carbocycles. The molecule has 1 fully saturated rings. The van der Waals surface area contributed by atoms with Crippen molar-refractivity contribution in [2.45, 2.75) is 58.0 Å². The van der Waals surface area contributed by atoms with Gasteiger partial charge in [0.15, 0.2) is 0 Å². The van der Waals surface area contributed by atoms with Crippen LogP contribution in [0.15, 0.2) is 0 Å². The van der Waals surface area contributed by atoms with Crippen LogP contribution in [0.3, 0.4) is 0 Å². The van der Waals surface area contributed by atoms with Crippen LogP contribution in [0.4, 0.5) is 4.79 Å². The Balaban J connectivity index is 2.46. The van der Waals surface area contributed by atoms with E-state index in [1.165, 1.54) is 0 Å². The van der Waals surface area contributed by atoms with E-state index in [1.807, 2.05) is 18.7 Å². The van der Waals surface area contributed by atoms with Gasteiger partial charge in [0.05, 0.1) is 6.42 Å². The largest absolute Gasteiger partial charge is 0.481 e. The van der Waals surface area contributed by atoms with E-state index in [9.17, 15) is 9.59 Å². The first-order chi connectivity index (χ1) is 8.08. The molecule has 98 valence electrons. The Bertz CT molecular complexity index is 277. The smallest absolute Gasteiger partial charge is 0.317 e. The van der Waals surface area contributed by atoms with Gasteiger partial charge in [0.2, 0.25) is 0 Å². The second-order valence-electron chi connectivity index (χ2n) is 4.58. The minimum absolute atomic E-state index is 0.00707. The second-order valence-corrected chi connectivity index (χ2v) is 4.58. The molecule has 0 heterocycles. The molecule has 5 nitrogen and oxygen atoms in total. The highest BCUT2D eigenvalue weighted by molar-refractivity contribution is 5.76. The summed E-state index contributed by atoms with van der Waals surface area (Å²) < 4.78 is 0. The summed E-state index contributed by atoms with van der Waals surface area (Å²) in [6, 6.07) is -0.00200. The number of urea groups is 1. The normalized spacial score (nSPS) is 16.4. The molecule has 5 heteroatoms. The van der Waals surface area contributed by atoms with Crippen LogP contribution in [0.5, 0.6) is 0 Å². The predicted octanol–water partition coefficient (Wildman–Crippen LogP) is 1.82. The van der Waals surface area contributed by atoms with Gasteiger partial charge in [-0.25, -0.2) is 4.79 Å². The number of nitrogens with zero attached hydrogens (tertiary/aromatic N) is 1. The Kier molecular flexibility index (Phi) is 5.25. The minimum Gasteiger partial charge on any atom is -0.481 e. The predicted molar refractivity (Wildman–Crippen MR) is 64.9 cm³/mol. The van der Waals surface area contributed by atoms with E-state index < -0.39 is 5.97 Å². The number of carbonyl (C=O) groups is 2. The highest BCUT2D eigenvalue weighted by atomic mass is 16.4. The lowest BCUT2D eigenvalue weighted by molar-refractivity contribution is -0.137. The highest BCUT2D eigenvalue weighted by Crippen LogP contribution is 2.27. The van der Waals surface area contributed by atoms with Gasteiger partial charge in [-0.3, -0.25) is 4.79 Å². The van der Waals surface area contributed by atoms with Crippen molar-refractivity contribution < 1.29 is 14.7 Å². The zero-order chi connectivity index (χ0) is 12.8. The topological polar surface area (TPSA) is 69.6 Å². The summed E-state index contributed by atoms with van der Waals surface area (Å²) in [5.41, 5.74) is 0. The number of rotatable bonds is 7. The van der Waals surface area contributed by atoms with Crippen molar-refractivity contribution in [1.82, 2.24) is 10.2 Å². The van der Waals surface area contributed by atoms with E-state index in [-0.39, 0.29) is 18.5 Å². The molecule has 1 aliphatic carbocycles. The van der Waals surface area contributed by atoms with Gasteiger partial charge < -0.3 is 15.3 Å². The summed E-state index contributed by atoms with van der Waals surface area (Å²) in [7, 11) is 0. The molecule has 0 aliphatic heterocycles. The van der Waals surface area contributed by atoms with Crippen molar-refractivity contribution in [3.63, 3.8) is 0 Å². The van der Waals surface area contributed by atoms with Crippen LogP contribution in [-0.2, 0) is 4.79 Å². The first-order valence-corrected chi connectivity index (χ1v) is 6.37. The first-order valence-electron chi connectivity index (χ1n) is 6.37. The van der Waals surface area contributed by atoms with E-state index in [1.54, 1.807) is 0 Å². The molecule has 1 atom stereocenters. The number of carboxylic acids is 1. The van der Waals surface area contributed by atoms with E-state index in [2.05, 4.69) is 5.32 Å². The molecular formula is C12H22N2O3. The van der Waals surface area contributed by atoms with Crippen molar-refractivity contribution in [1.29, 1.82) is 0 Å². The van der Waals surface area contributed by atoms with Crippen LogP contribution in [0, 0.1) is 0 Å². The Hall–Kier alpha value is -1.26. The van der Waals surface area contributed by atoms with Crippen LogP contribution in [0.25, 0.3) is 0 Å². The zero-order valence-electron chi connectivity index (χ0n) is 10.6. The van der Waals surface area contributed by atoms with Gasteiger partial charge >= 0.3 is 12.0 Å². The van der Waals surface area contributed by atoms with Gasteiger partial charge in [-0.2, -0.15) is 0 Å². The summed E-state index contributed by atoms with van der Waals surface area (Å²) in [5, 5.41) is 11.5. The number of amides is 2. The Labute approximate surface area is 102 Å². The van der Waals surface area contributed by atoms with E-state index in [0.29, 0.717) is 12.5 Å². The zero-order valence-corrected chi connectivity index (χ0v) is 10.6. The third kappa shape index (κ3) is 4.63. The van der Waals surface area contributed by atoms with Crippen LogP contribution in [0.1, 0.15) is 46.0 Å². The molecule has 0 spiro atoms. The summed E-state index contributed by atoms with van der Waals surface area (Å²) >= 11 is 0. The lowest BCUT2D eigenvalue weighted by Gasteiger charge is -2.25. The Morgan fingerprint density at radius 2 is 2.06 bits per heavy atom. The van der Waals surface area contributed by atoms with Crippen LogP contribution in [0.2, 0.25) is 0 Å². The van der Waals surface area contributed by atoms with Gasteiger partial charge in [-0.15, -0.1) is 0 Å². The standard InChI is InChI=1S/C12H22N2O3/c1-3-7-14(10-5-6-10)12(17)13-9(4-2)8-11(15)16/h9-10H,3-8H2,1-2H3,(H,13,17)(H,15,16). The van der Waals surface area contributed by atoms with Crippen LogP contribution >= 0.6 is 0 Å². The number of hydrogen-bond acceptors (Lipinski definition) is 2. The number of nitrogens with one attached hydrogen (secondary N) is 1. The van der Waals surface area contributed by atoms with Crippen LogP contribution in [-0.4, -0.2) is 40.6 Å². The Morgan fingerprint density at radius 3 is 2.47 bits per heavy atom. The monoisotopic (exact) mass is 242 g/mol. The van der Waals surface area contributed by atoms with Crippen molar-refractivity contribution >= 4 is 12.0 Å². The number of hydrogen-bond donors (Lipinski definition) is 2. The Morgan fingerprint density at radius 1 is 1.41 bits per heavy atom. The SMILES string of the molecule is CCCN(C(=O)NC(CC)CC(=O)O)C1CC1. The van der Waals surface area contributed by atoms with Crippen molar-refractivity contribution in [2.75, 3.05) is 6.54 Å². The molecule has 0 bridgehead atoms. The number of carbonyl (C=O) groups excluding carboxylic acids is 1. The molecule has 17 heavy (non-hydrogen) atoms. The fourth-order valence-electron chi connectivity index (χ4n) is 1.84. The molecule has 0 aromatic carbocycles. The van der Waals surface area contributed by atoms with E-state index in [0.717, 1.165) is 25.8 Å².